The van der Waals surface area contributed by atoms with E-state index in [1.54, 1.807) is 37.4 Å². The standard InChI is InChI=1S/C18H16ClN3O3S/c1-12-5-6-13(19)10-16(12)26(24,25)21-9-7-15-14(11-21)18(23)22-8-3-2-4-17(22)20-15/h2-6,8,10H,7,9,11H2,1H3. The molecule has 0 saturated heterocycles. The summed E-state index contributed by atoms with van der Waals surface area (Å²) in [7, 11) is -3.75. The van der Waals surface area contributed by atoms with Crippen molar-refractivity contribution in [1.82, 2.24) is 13.7 Å². The Labute approximate surface area is 155 Å². The van der Waals surface area contributed by atoms with Crippen molar-refractivity contribution in [3.8, 4) is 0 Å². The molecule has 0 saturated carbocycles. The van der Waals surface area contributed by atoms with Crippen molar-refractivity contribution in [1.29, 1.82) is 0 Å². The van der Waals surface area contributed by atoms with Crippen LogP contribution in [0.25, 0.3) is 5.65 Å². The van der Waals surface area contributed by atoms with Gasteiger partial charge in [-0.1, -0.05) is 23.7 Å². The fourth-order valence-electron chi connectivity index (χ4n) is 3.22. The molecule has 0 N–H and O–H groups in total. The summed E-state index contributed by atoms with van der Waals surface area (Å²) in [6.07, 6.45) is 2.04. The molecule has 0 spiro atoms. The molecule has 2 aromatic heterocycles. The second kappa shape index (κ2) is 6.19. The van der Waals surface area contributed by atoms with E-state index in [4.69, 9.17) is 11.6 Å². The zero-order chi connectivity index (χ0) is 18.5. The minimum Gasteiger partial charge on any atom is -0.269 e. The quantitative estimate of drug-likeness (QED) is 0.674. The highest BCUT2D eigenvalue weighted by molar-refractivity contribution is 7.89. The van der Waals surface area contributed by atoms with Gasteiger partial charge in [0, 0.05) is 30.7 Å². The van der Waals surface area contributed by atoms with Gasteiger partial charge in [0.15, 0.2) is 0 Å². The van der Waals surface area contributed by atoms with Gasteiger partial charge in [0.2, 0.25) is 10.0 Å². The number of aryl methyl sites for hydroxylation is 1. The van der Waals surface area contributed by atoms with E-state index in [1.807, 2.05) is 6.07 Å². The maximum absolute atomic E-state index is 13.1. The lowest BCUT2D eigenvalue weighted by molar-refractivity contribution is 0.385. The summed E-state index contributed by atoms with van der Waals surface area (Å²) in [6, 6.07) is 10.1. The second-order valence-electron chi connectivity index (χ2n) is 6.27. The van der Waals surface area contributed by atoms with Gasteiger partial charge in [-0.05, 0) is 36.8 Å². The average Bonchev–Trinajstić information content (AvgIpc) is 2.63. The number of nitrogens with zero attached hydrogens (tertiary/aromatic N) is 3. The van der Waals surface area contributed by atoms with Gasteiger partial charge in [-0.2, -0.15) is 4.31 Å². The Balaban J connectivity index is 1.80. The van der Waals surface area contributed by atoms with Gasteiger partial charge in [0.05, 0.1) is 16.2 Å². The molecule has 0 radical (unpaired) electrons. The third-order valence-corrected chi connectivity index (χ3v) is 6.84. The van der Waals surface area contributed by atoms with Crippen LogP contribution in [0.3, 0.4) is 0 Å². The molecule has 3 aromatic rings. The molecule has 0 unspecified atom stereocenters. The van der Waals surface area contributed by atoms with Crippen LogP contribution in [0.15, 0.2) is 52.3 Å². The zero-order valence-electron chi connectivity index (χ0n) is 14.0. The number of pyridine rings is 1. The minimum atomic E-state index is -3.75. The average molecular weight is 390 g/mol. The monoisotopic (exact) mass is 389 g/mol. The molecule has 0 aliphatic carbocycles. The lowest BCUT2D eigenvalue weighted by Gasteiger charge is -2.27. The van der Waals surface area contributed by atoms with Gasteiger partial charge in [-0.3, -0.25) is 9.20 Å². The number of hydrogen-bond donors (Lipinski definition) is 0. The van der Waals surface area contributed by atoms with Crippen molar-refractivity contribution in [2.24, 2.45) is 0 Å². The van der Waals surface area contributed by atoms with Gasteiger partial charge >= 0.3 is 0 Å². The third-order valence-electron chi connectivity index (χ3n) is 4.61. The molecule has 0 atom stereocenters. The van der Waals surface area contributed by atoms with Crippen LogP contribution < -0.4 is 5.56 Å². The van der Waals surface area contributed by atoms with Crippen molar-refractivity contribution in [2.45, 2.75) is 24.8 Å². The maximum atomic E-state index is 13.1. The Bertz CT molecular complexity index is 1190. The highest BCUT2D eigenvalue weighted by atomic mass is 35.5. The Morgan fingerprint density at radius 2 is 2.00 bits per heavy atom. The Hall–Kier alpha value is -2.22. The summed E-state index contributed by atoms with van der Waals surface area (Å²) in [4.78, 5) is 17.5. The summed E-state index contributed by atoms with van der Waals surface area (Å²) in [5, 5.41) is 0.360. The van der Waals surface area contributed by atoms with Gasteiger partial charge in [0.25, 0.3) is 5.56 Å². The molecule has 3 heterocycles. The summed E-state index contributed by atoms with van der Waals surface area (Å²) in [5.41, 5.74) is 2.04. The number of rotatable bonds is 2. The SMILES string of the molecule is Cc1ccc(Cl)cc1S(=O)(=O)N1CCc2nc3ccccn3c(=O)c2C1. The molecule has 6 nitrogen and oxygen atoms in total. The highest BCUT2D eigenvalue weighted by Gasteiger charge is 2.31. The molecule has 8 heteroatoms. The van der Waals surface area contributed by atoms with Crippen molar-refractivity contribution in [2.75, 3.05) is 6.54 Å². The number of sulfonamides is 1. The van der Waals surface area contributed by atoms with E-state index in [2.05, 4.69) is 4.98 Å². The van der Waals surface area contributed by atoms with Crippen LogP contribution >= 0.6 is 11.6 Å². The first-order chi connectivity index (χ1) is 12.4. The number of halogens is 1. The topological polar surface area (TPSA) is 71.8 Å². The highest BCUT2D eigenvalue weighted by Crippen LogP contribution is 2.27. The predicted octanol–water partition coefficient (Wildman–Crippen LogP) is 2.40. The molecule has 0 bridgehead atoms. The molecule has 0 amide bonds. The van der Waals surface area contributed by atoms with Crippen molar-refractivity contribution in [3.63, 3.8) is 0 Å². The van der Waals surface area contributed by atoms with Crippen LogP contribution in [-0.2, 0) is 23.0 Å². The molecule has 134 valence electrons. The summed E-state index contributed by atoms with van der Waals surface area (Å²) in [6.45, 7) is 2.01. The fourth-order valence-corrected chi connectivity index (χ4v) is 5.12. The molecule has 0 fully saturated rings. The smallest absolute Gasteiger partial charge is 0.262 e. The lowest BCUT2D eigenvalue weighted by Crippen LogP contribution is -2.40. The number of benzene rings is 1. The van der Waals surface area contributed by atoms with Crippen molar-refractivity contribution < 1.29 is 8.42 Å². The van der Waals surface area contributed by atoms with Crippen molar-refractivity contribution in [3.05, 3.63) is 74.8 Å². The lowest BCUT2D eigenvalue weighted by atomic mass is 10.1. The van der Waals surface area contributed by atoms with Crippen LogP contribution in [0, 0.1) is 6.92 Å². The van der Waals surface area contributed by atoms with E-state index < -0.39 is 10.0 Å². The van der Waals surface area contributed by atoms with E-state index >= 15 is 0 Å². The van der Waals surface area contributed by atoms with E-state index in [0.717, 1.165) is 0 Å². The maximum Gasteiger partial charge on any atom is 0.262 e. The first-order valence-corrected chi connectivity index (χ1v) is 9.95. The van der Waals surface area contributed by atoms with Gasteiger partial charge < -0.3 is 0 Å². The number of fused-ring (bicyclic) bond motifs is 2. The van der Waals surface area contributed by atoms with E-state index in [1.165, 1.54) is 14.8 Å². The number of aromatic nitrogens is 2. The summed E-state index contributed by atoms with van der Waals surface area (Å²) < 4.78 is 28.9. The van der Waals surface area contributed by atoms with Crippen molar-refractivity contribution >= 4 is 27.3 Å². The Kier molecular flexibility index (Phi) is 4.10. The summed E-state index contributed by atoms with van der Waals surface area (Å²) in [5.74, 6) is 0. The van der Waals surface area contributed by atoms with Crippen LogP contribution in [0.1, 0.15) is 16.8 Å². The first kappa shape index (κ1) is 17.2. The molecular formula is C18H16ClN3O3S. The number of hydrogen-bond acceptors (Lipinski definition) is 4. The third kappa shape index (κ3) is 2.72. The largest absolute Gasteiger partial charge is 0.269 e. The molecule has 4 rings (SSSR count). The zero-order valence-corrected chi connectivity index (χ0v) is 15.6. The van der Waals surface area contributed by atoms with Crippen LogP contribution in [0.2, 0.25) is 5.02 Å². The molecule has 26 heavy (non-hydrogen) atoms. The minimum absolute atomic E-state index is 0.00723. The van der Waals surface area contributed by atoms with Crippen LogP contribution in [0.4, 0.5) is 0 Å². The molecule has 1 aliphatic rings. The summed E-state index contributed by atoms with van der Waals surface area (Å²) >= 11 is 5.99. The Morgan fingerprint density at radius 1 is 1.19 bits per heavy atom. The second-order valence-corrected chi connectivity index (χ2v) is 8.61. The predicted molar refractivity (Wildman–Crippen MR) is 99.0 cm³/mol. The van der Waals surface area contributed by atoms with Crippen LogP contribution in [0.5, 0.6) is 0 Å². The van der Waals surface area contributed by atoms with Crippen LogP contribution in [-0.4, -0.2) is 28.7 Å². The normalized spacial score (nSPS) is 15.2. The molecule has 1 aliphatic heterocycles. The molecular weight excluding hydrogens is 374 g/mol. The Morgan fingerprint density at radius 3 is 2.81 bits per heavy atom. The molecule has 1 aromatic carbocycles. The van der Waals surface area contributed by atoms with Gasteiger partial charge in [0.1, 0.15) is 5.65 Å². The van der Waals surface area contributed by atoms with E-state index in [9.17, 15) is 13.2 Å². The van der Waals surface area contributed by atoms with Gasteiger partial charge in [-0.15, -0.1) is 0 Å². The van der Waals surface area contributed by atoms with E-state index in [0.29, 0.717) is 33.9 Å². The van der Waals surface area contributed by atoms with E-state index in [-0.39, 0.29) is 23.5 Å². The fraction of sp³-hybridized carbons (Fsp3) is 0.222. The first-order valence-electron chi connectivity index (χ1n) is 8.13. The van der Waals surface area contributed by atoms with Gasteiger partial charge in [-0.25, -0.2) is 13.4 Å².